The van der Waals surface area contributed by atoms with E-state index in [0.29, 0.717) is 5.69 Å². The maximum absolute atomic E-state index is 15.0. The fourth-order valence-corrected chi connectivity index (χ4v) is 3.75. The lowest BCUT2D eigenvalue weighted by Crippen LogP contribution is -2.23. The largest absolute Gasteiger partial charge is 0.477 e. The van der Waals surface area contributed by atoms with Crippen LogP contribution in [-0.2, 0) is 6.54 Å². The van der Waals surface area contributed by atoms with Gasteiger partial charge >= 0.3 is 5.97 Å². The summed E-state index contributed by atoms with van der Waals surface area (Å²) < 4.78 is 30.3. The Kier molecular flexibility index (Phi) is 4.68. The van der Waals surface area contributed by atoms with E-state index >= 15 is 4.39 Å². The number of likely N-dealkylation sites (tertiary alicyclic amines) is 1. The summed E-state index contributed by atoms with van der Waals surface area (Å²) in [5.41, 5.74) is -0.889. The molecular weight excluding hydrogens is 366 g/mol. The molecule has 1 aliphatic heterocycles. The van der Waals surface area contributed by atoms with Crippen LogP contribution in [-0.4, -0.2) is 33.6 Å². The standard InChI is InChI=1S/C21H18F2N2O3/c22-15-4-3-5-16-17(15)19(26)18(21(27)28)20(23)25(16)14-8-6-13(7-9-14)12-24-10-1-2-11-24/h3-9H,1-2,10-12H2,(H,27,28). The van der Waals surface area contributed by atoms with Gasteiger partial charge in [0.25, 0.3) is 0 Å². The summed E-state index contributed by atoms with van der Waals surface area (Å²) in [5, 5.41) is 8.85. The number of fused-ring (bicyclic) bond motifs is 1. The molecule has 2 aromatic carbocycles. The molecule has 7 heteroatoms. The van der Waals surface area contributed by atoms with Gasteiger partial charge in [0.2, 0.25) is 11.4 Å². The van der Waals surface area contributed by atoms with Crippen molar-refractivity contribution in [1.82, 2.24) is 9.47 Å². The molecule has 0 bridgehead atoms. The minimum absolute atomic E-state index is 0.0141. The van der Waals surface area contributed by atoms with Gasteiger partial charge in [0.05, 0.1) is 10.9 Å². The highest BCUT2D eigenvalue weighted by atomic mass is 19.1. The van der Waals surface area contributed by atoms with Gasteiger partial charge < -0.3 is 5.11 Å². The minimum atomic E-state index is -1.73. The predicted octanol–water partition coefficient (Wildman–Crippen LogP) is 3.56. The Morgan fingerprint density at radius 2 is 1.71 bits per heavy atom. The molecule has 1 N–H and O–H groups in total. The summed E-state index contributed by atoms with van der Waals surface area (Å²) in [6.07, 6.45) is 2.35. The van der Waals surface area contributed by atoms with Crippen molar-refractivity contribution in [3.63, 3.8) is 0 Å². The van der Waals surface area contributed by atoms with E-state index in [2.05, 4.69) is 4.90 Å². The van der Waals surface area contributed by atoms with Gasteiger partial charge in [-0.1, -0.05) is 18.2 Å². The van der Waals surface area contributed by atoms with Crippen LogP contribution in [0, 0.1) is 11.8 Å². The number of carboxylic acids is 1. The quantitative estimate of drug-likeness (QED) is 0.699. The molecule has 0 radical (unpaired) electrons. The molecule has 144 valence electrons. The number of aromatic carboxylic acids is 1. The Labute approximate surface area is 159 Å². The van der Waals surface area contributed by atoms with Crippen LogP contribution >= 0.6 is 0 Å². The van der Waals surface area contributed by atoms with Gasteiger partial charge in [0.1, 0.15) is 5.82 Å². The fraction of sp³-hybridized carbons (Fsp3) is 0.238. The molecule has 28 heavy (non-hydrogen) atoms. The van der Waals surface area contributed by atoms with Crippen LogP contribution in [0.5, 0.6) is 0 Å². The van der Waals surface area contributed by atoms with E-state index in [9.17, 15) is 19.1 Å². The highest BCUT2D eigenvalue weighted by molar-refractivity contribution is 5.93. The van der Waals surface area contributed by atoms with Crippen molar-refractivity contribution in [1.29, 1.82) is 0 Å². The first-order valence-electron chi connectivity index (χ1n) is 9.05. The zero-order valence-corrected chi connectivity index (χ0v) is 15.0. The molecule has 2 heterocycles. The first-order chi connectivity index (χ1) is 13.5. The molecule has 1 saturated heterocycles. The zero-order chi connectivity index (χ0) is 19.8. The number of aromatic nitrogens is 1. The number of pyridine rings is 1. The third kappa shape index (κ3) is 3.07. The number of halogens is 2. The van der Waals surface area contributed by atoms with E-state index in [0.717, 1.165) is 35.8 Å². The number of carbonyl (C=O) groups is 1. The van der Waals surface area contributed by atoms with Gasteiger partial charge in [-0.25, -0.2) is 9.18 Å². The van der Waals surface area contributed by atoms with E-state index in [-0.39, 0.29) is 5.52 Å². The number of rotatable bonds is 4. The number of benzene rings is 2. The van der Waals surface area contributed by atoms with Crippen molar-refractivity contribution in [3.05, 3.63) is 75.6 Å². The lowest BCUT2D eigenvalue weighted by atomic mass is 10.1. The number of nitrogens with zero attached hydrogens (tertiary/aromatic N) is 2. The third-order valence-corrected chi connectivity index (χ3v) is 5.10. The average Bonchev–Trinajstić information content (AvgIpc) is 3.16. The summed E-state index contributed by atoms with van der Waals surface area (Å²) in [7, 11) is 0. The molecule has 0 saturated carbocycles. The van der Waals surface area contributed by atoms with Crippen LogP contribution in [0.25, 0.3) is 16.6 Å². The molecule has 0 amide bonds. The Morgan fingerprint density at radius 3 is 2.36 bits per heavy atom. The average molecular weight is 384 g/mol. The summed E-state index contributed by atoms with van der Waals surface area (Å²) in [6.45, 7) is 2.87. The normalized spacial score (nSPS) is 14.6. The van der Waals surface area contributed by atoms with Crippen molar-refractivity contribution < 1.29 is 18.7 Å². The molecular formula is C21H18F2N2O3. The predicted molar refractivity (Wildman–Crippen MR) is 101 cm³/mol. The Bertz CT molecular complexity index is 1120. The van der Waals surface area contributed by atoms with Crippen LogP contribution in [0.3, 0.4) is 0 Å². The van der Waals surface area contributed by atoms with E-state index in [1.54, 1.807) is 12.1 Å². The highest BCUT2D eigenvalue weighted by Gasteiger charge is 2.24. The number of hydrogen-bond donors (Lipinski definition) is 1. The molecule has 3 aromatic rings. The van der Waals surface area contributed by atoms with Gasteiger partial charge in [-0.2, -0.15) is 4.39 Å². The highest BCUT2D eigenvalue weighted by Crippen LogP contribution is 2.23. The summed E-state index contributed by atoms with van der Waals surface area (Å²) in [5.74, 6) is -3.83. The summed E-state index contributed by atoms with van der Waals surface area (Å²) in [6, 6.07) is 10.8. The monoisotopic (exact) mass is 384 g/mol. The van der Waals surface area contributed by atoms with Gasteiger partial charge in [-0.05, 0) is 55.8 Å². The van der Waals surface area contributed by atoms with Crippen LogP contribution < -0.4 is 5.43 Å². The molecule has 0 aliphatic carbocycles. The number of carboxylic acid groups (broad SMARTS) is 1. The first-order valence-corrected chi connectivity index (χ1v) is 9.05. The summed E-state index contributed by atoms with van der Waals surface area (Å²) in [4.78, 5) is 26.1. The van der Waals surface area contributed by atoms with Crippen molar-refractivity contribution in [2.24, 2.45) is 0 Å². The first kappa shape index (κ1) is 18.3. The second kappa shape index (κ2) is 7.16. The lowest BCUT2D eigenvalue weighted by Gasteiger charge is -2.17. The van der Waals surface area contributed by atoms with Crippen LogP contribution in [0.1, 0.15) is 28.8 Å². The van der Waals surface area contributed by atoms with Crippen molar-refractivity contribution in [2.75, 3.05) is 13.1 Å². The minimum Gasteiger partial charge on any atom is -0.477 e. The second-order valence-corrected chi connectivity index (χ2v) is 6.92. The molecule has 0 atom stereocenters. The molecule has 1 aromatic heterocycles. The SMILES string of the molecule is O=C(O)c1c(F)n(-c2ccc(CN3CCCC3)cc2)c2cccc(F)c2c1=O. The molecule has 0 spiro atoms. The Hall–Kier alpha value is -3.06. The van der Waals surface area contributed by atoms with Crippen molar-refractivity contribution >= 4 is 16.9 Å². The van der Waals surface area contributed by atoms with Gasteiger partial charge in [0.15, 0.2) is 5.56 Å². The lowest BCUT2D eigenvalue weighted by molar-refractivity contribution is 0.0689. The van der Waals surface area contributed by atoms with Gasteiger partial charge in [-0.3, -0.25) is 14.3 Å². The summed E-state index contributed by atoms with van der Waals surface area (Å²) >= 11 is 0. The topological polar surface area (TPSA) is 62.5 Å². The fourth-order valence-electron chi connectivity index (χ4n) is 3.75. The smallest absolute Gasteiger partial charge is 0.344 e. The van der Waals surface area contributed by atoms with E-state index in [1.807, 2.05) is 12.1 Å². The molecule has 5 nitrogen and oxygen atoms in total. The second-order valence-electron chi connectivity index (χ2n) is 6.92. The van der Waals surface area contributed by atoms with Crippen LogP contribution in [0.4, 0.5) is 8.78 Å². The van der Waals surface area contributed by atoms with Gasteiger partial charge in [0, 0.05) is 12.2 Å². The van der Waals surface area contributed by atoms with Crippen LogP contribution in [0.15, 0.2) is 47.3 Å². The molecule has 1 fully saturated rings. The van der Waals surface area contributed by atoms with E-state index in [4.69, 9.17) is 0 Å². The van der Waals surface area contributed by atoms with E-state index in [1.165, 1.54) is 25.0 Å². The number of hydrogen-bond acceptors (Lipinski definition) is 3. The molecule has 1 aliphatic rings. The maximum Gasteiger partial charge on any atom is 0.344 e. The third-order valence-electron chi connectivity index (χ3n) is 5.10. The van der Waals surface area contributed by atoms with Gasteiger partial charge in [-0.15, -0.1) is 0 Å². The molecule has 4 rings (SSSR count). The van der Waals surface area contributed by atoms with Crippen molar-refractivity contribution in [3.8, 4) is 5.69 Å². The Balaban J connectivity index is 1.87. The maximum atomic E-state index is 15.0. The van der Waals surface area contributed by atoms with Crippen molar-refractivity contribution in [2.45, 2.75) is 19.4 Å². The zero-order valence-electron chi connectivity index (χ0n) is 15.0. The Morgan fingerprint density at radius 1 is 1.04 bits per heavy atom. The van der Waals surface area contributed by atoms with Crippen LogP contribution in [0.2, 0.25) is 0 Å². The molecule has 0 unspecified atom stereocenters. The van der Waals surface area contributed by atoms with E-state index < -0.39 is 34.1 Å².